The monoisotopic (exact) mass is 174 g/mol. The molecule has 0 saturated heterocycles. The van der Waals surface area contributed by atoms with Crippen LogP contribution in [0.4, 0.5) is 17.6 Å². The van der Waals surface area contributed by atoms with Crippen LogP contribution in [0.15, 0.2) is 0 Å². The van der Waals surface area contributed by atoms with E-state index >= 15 is 0 Å². The summed E-state index contributed by atoms with van der Waals surface area (Å²) in [6.07, 6.45) is -6.08. The molecule has 0 aromatic heterocycles. The van der Waals surface area contributed by atoms with Crippen LogP contribution in [0.1, 0.15) is 13.8 Å². The lowest BCUT2D eigenvalue weighted by molar-refractivity contribution is -0.202. The van der Waals surface area contributed by atoms with E-state index in [0.29, 0.717) is 0 Å². The molecule has 1 nitrogen and oxygen atoms in total. The predicted octanol–water partition coefficient (Wildman–Crippen LogP) is 1.90. The lowest BCUT2D eigenvalue weighted by atomic mass is 10.0. The van der Waals surface area contributed by atoms with Crippen LogP contribution in [-0.2, 0) is 0 Å². The van der Waals surface area contributed by atoms with E-state index in [1.807, 2.05) is 0 Å². The first kappa shape index (κ1) is 10.7. The average molecular weight is 174 g/mol. The number of halogens is 4. The van der Waals surface area contributed by atoms with Gasteiger partial charge in [-0.2, -0.15) is 8.78 Å². The maximum Gasteiger partial charge on any atom is 0.332 e. The maximum absolute atomic E-state index is 12.2. The van der Waals surface area contributed by atoms with Crippen molar-refractivity contribution in [3.63, 3.8) is 0 Å². The molecular weight excluding hydrogens is 164 g/mol. The van der Waals surface area contributed by atoms with Gasteiger partial charge in [0.1, 0.15) is 6.10 Å². The number of hydrogen-bond acceptors (Lipinski definition) is 1. The van der Waals surface area contributed by atoms with Crippen molar-refractivity contribution in [3.8, 4) is 0 Å². The summed E-state index contributed by atoms with van der Waals surface area (Å²) in [7, 11) is 0. The Bertz CT molecular complexity index is 124. The number of rotatable bonds is 3. The van der Waals surface area contributed by atoms with Crippen LogP contribution in [0.2, 0.25) is 0 Å². The smallest absolute Gasteiger partial charge is 0.332 e. The summed E-state index contributed by atoms with van der Waals surface area (Å²) in [6, 6.07) is 0. The first-order valence-electron chi connectivity index (χ1n) is 3.14. The number of aliphatic hydroxyl groups excluding tert-OH is 1. The zero-order valence-corrected chi connectivity index (χ0v) is 6.19. The Morgan fingerprint density at radius 1 is 1.18 bits per heavy atom. The van der Waals surface area contributed by atoms with Crippen molar-refractivity contribution >= 4 is 0 Å². The van der Waals surface area contributed by atoms with Gasteiger partial charge in [0.25, 0.3) is 0 Å². The molecule has 1 atom stereocenters. The Hall–Kier alpha value is -0.320. The van der Waals surface area contributed by atoms with Gasteiger partial charge in [0, 0.05) is 0 Å². The van der Waals surface area contributed by atoms with Crippen molar-refractivity contribution in [1.82, 2.24) is 0 Å². The molecule has 0 amide bonds. The molecule has 0 aromatic carbocycles. The highest BCUT2D eigenvalue weighted by atomic mass is 19.3. The third-order valence-corrected chi connectivity index (χ3v) is 1.32. The summed E-state index contributed by atoms with van der Waals surface area (Å²) in [5, 5.41) is 8.59. The maximum atomic E-state index is 12.2. The summed E-state index contributed by atoms with van der Waals surface area (Å²) < 4.78 is 47.4. The molecule has 0 spiro atoms. The summed E-state index contributed by atoms with van der Waals surface area (Å²) in [6.45, 7) is 2.50. The summed E-state index contributed by atoms with van der Waals surface area (Å²) in [4.78, 5) is 0. The SMILES string of the molecule is CC(C)C(O)C(F)(F)C(F)F. The minimum absolute atomic E-state index is 0.876. The van der Waals surface area contributed by atoms with E-state index in [9.17, 15) is 17.6 Å². The van der Waals surface area contributed by atoms with E-state index in [2.05, 4.69) is 0 Å². The van der Waals surface area contributed by atoms with Gasteiger partial charge in [-0.25, -0.2) is 8.78 Å². The summed E-state index contributed by atoms with van der Waals surface area (Å²) >= 11 is 0. The second kappa shape index (κ2) is 3.38. The fourth-order valence-electron chi connectivity index (χ4n) is 0.574. The van der Waals surface area contributed by atoms with E-state index in [-0.39, 0.29) is 0 Å². The molecule has 0 aliphatic carbocycles. The van der Waals surface area contributed by atoms with Crippen molar-refractivity contribution in [3.05, 3.63) is 0 Å². The second-order valence-electron chi connectivity index (χ2n) is 2.66. The summed E-state index contributed by atoms with van der Waals surface area (Å²) in [5.41, 5.74) is 0. The van der Waals surface area contributed by atoms with E-state index in [4.69, 9.17) is 5.11 Å². The molecule has 0 radical (unpaired) electrons. The van der Waals surface area contributed by atoms with Gasteiger partial charge in [-0.05, 0) is 5.92 Å². The van der Waals surface area contributed by atoms with Gasteiger partial charge >= 0.3 is 12.3 Å². The number of aliphatic hydroxyl groups is 1. The second-order valence-corrected chi connectivity index (χ2v) is 2.66. The van der Waals surface area contributed by atoms with Crippen LogP contribution >= 0.6 is 0 Å². The standard InChI is InChI=1S/C6H10F4O/c1-3(2)4(11)6(9,10)5(7)8/h3-5,11H,1-2H3. The highest BCUT2D eigenvalue weighted by Gasteiger charge is 2.49. The van der Waals surface area contributed by atoms with Gasteiger partial charge in [0.05, 0.1) is 0 Å². The number of hydrogen-bond donors (Lipinski definition) is 1. The summed E-state index contributed by atoms with van der Waals surface area (Å²) in [5.74, 6) is -5.17. The Labute approximate surface area is 62.0 Å². The van der Waals surface area contributed by atoms with E-state index in [1.54, 1.807) is 0 Å². The zero-order chi connectivity index (χ0) is 9.23. The third kappa shape index (κ3) is 2.32. The molecule has 11 heavy (non-hydrogen) atoms. The van der Waals surface area contributed by atoms with Crippen molar-refractivity contribution in [2.75, 3.05) is 0 Å². The molecule has 0 saturated carbocycles. The molecule has 0 aromatic rings. The van der Waals surface area contributed by atoms with Crippen molar-refractivity contribution in [1.29, 1.82) is 0 Å². The van der Waals surface area contributed by atoms with Crippen LogP contribution in [-0.4, -0.2) is 23.6 Å². The first-order valence-corrected chi connectivity index (χ1v) is 3.14. The molecule has 1 N–H and O–H groups in total. The highest BCUT2D eigenvalue weighted by molar-refractivity contribution is 4.80. The normalized spacial score (nSPS) is 16.1. The molecule has 5 heteroatoms. The Balaban J connectivity index is 4.29. The Kier molecular flexibility index (Phi) is 3.29. The molecule has 0 heterocycles. The Morgan fingerprint density at radius 2 is 1.55 bits per heavy atom. The molecule has 0 aliphatic heterocycles. The van der Waals surface area contributed by atoms with E-state index in [0.717, 1.165) is 0 Å². The highest BCUT2D eigenvalue weighted by Crippen LogP contribution is 2.30. The van der Waals surface area contributed by atoms with Crippen molar-refractivity contribution in [2.24, 2.45) is 5.92 Å². The average Bonchev–Trinajstić information content (AvgIpc) is 1.85. The van der Waals surface area contributed by atoms with Gasteiger partial charge in [-0.1, -0.05) is 13.8 Å². The van der Waals surface area contributed by atoms with Crippen molar-refractivity contribution in [2.45, 2.75) is 32.3 Å². The minimum Gasteiger partial charge on any atom is -0.386 e. The van der Waals surface area contributed by atoms with Gasteiger partial charge in [0.2, 0.25) is 0 Å². The fourth-order valence-corrected chi connectivity index (χ4v) is 0.574. The van der Waals surface area contributed by atoms with Crippen LogP contribution in [0, 0.1) is 5.92 Å². The molecule has 68 valence electrons. The third-order valence-electron chi connectivity index (χ3n) is 1.32. The molecule has 0 aliphatic rings. The van der Waals surface area contributed by atoms with Gasteiger partial charge in [-0.15, -0.1) is 0 Å². The fraction of sp³-hybridized carbons (Fsp3) is 1.00. The molecule has 0 fully saturated rings. The van der Waals surface area contributed by atoms with Crippen LogP contribution in [0.5, 0.6) is 0 Å². The molecule has 0 bridgehead atoms. The minimum atomic E-state index is -4.30. The van der Waals surface area contributed by atoms with Crippen LogP contribution in [0.25, 0.3) is 0 Å². The quantitative estimate of drug-likeness (QED) is 0.648. The zero-order valence-electron chi connectivity index (χ0n) is 6.19. The van der Waals surface area contributed by atoms with Crippen LogP contribution in [0.3, 0.4) is 0 Å². The first-order chi connectivity index (χ1) is 4.80. The van der Waals surface area contributed by atoms with Crippen molar-refractivity contribution < 1.29 is 22.7 Å². The van der Waals surface area contributed by atoms with Gasteiger partial charge < -0.3 is 5.11 Å². The topological polar surface area (TPSA) is 20.2 Å². The molecular formula is C6H10F4O. The molecule has 1 unspecified atom stereocenters. The lowest BCUT2D eigenvalue weighted by Gasteiger charge is -2.24. The molecule has 0 rings (SSSR count). The van der Waals surface area contributed by atoms with Crippen LogP contribution < -0.4 is 0 Å². The van der Waals surface area contributed by atoms with E-state index < -0.39 is 24.4 Å². The predicted molar refractivity (Wildman–Crippen MR) is 31.8 cm³/mol. The largest absolute Gasteiger partial charge is 0.386 e. The van der Waals surface area contributed by atoms with Gasteiger partial charge in [0.15, 0.2) is 0 Å². The Morgan fingerprint density at radius 3 is 1.64 bits per heavy atom. The van der Waals surface area contributed by atoms with Gasteiger partial charge in [-0.3, -0.25) is 0 Å². The van der Waals surface area contributed by atoms with E-state index in [1.165, 1.54) is 13.8 Å². The number of alkyl halides is 4. The lowest BCUT2D eigenvalue weighted by Crippen LogP contribution is -2.43.